The minimum absolute atomic E-state index is 0.204. The second-order valence-corrected chi connectivity index (χ2v) is 10.5. The van der Waals surface area contributed by atoms with Crippen molar-refractivity contribution in [3.63, 3.8) is 0 Å². The molecule has 2 unspecified atom stereocenters. The lowest BCUT2D eigenvalue weighted by molar-refractivity contribution is -0.163. The number of rotatable bonds is 15. The fourth-order valence-electron chi connectivity index (χ4n) is 6.48. The molecule has 1 spiro atoms. The molecule has 3 heterocycles. The van der Waals surface area contributed by atoms with Crippen molar-refractivity contribution in [1.29, 1.82) is 0 Å². The summed E-state index contributed by atoms with van der Waals surface area (Å²) in [6.45, 7) is 14.2. The zero-order valence-corrected chi connectivity index (χ0v) is 22.2. The summed E-state index contributed by atoms with van der Waals surface area (Å²) >= 11 is 0. The first-order chi connectivity index (χ1) is 17.3. The van der Waals surface area contributed by atoms with Crippen LogP contribution in [0.4, 0.5) is 0 Å². The SMILES string of the molecule is C=CCCCCOC(=O)[C@@H]1[C@H]2C(=O)N([C@H](C)CO)C(C(=O)N(CC=C)CCCC)C23CC[C@@]1(CC)O3. The van der Waals surface area contributed by atoms with Gasteiger partial charge in [0.2, 0.25) is 11.8 Å². The van der Waals surface area contributed by atoms with Crippen LogP contribution in [-0.4, -0.2) is 82.3 Å². The average Bonchev–Trinajstić information content (AvgIpc) is 3.49. The highest BCUT2D eigenvalue weighted by Gasteiger charge is 2.79. The number of aliphatic hydroxyl groups is 1. The number of hydrogen-bond donors (Lipinski definition) is 1. The Morgan fingerprint density at radius 1 is 1.25 bits per heavy atom. The number of fused-ring (bicyclic) bond motifs is 1. The number of carbonyl (C=O) groups excluding carboxylic acids is 3. The van der Waals surface area contributed by atoms with E-state index in [-0.39, 0.29) is 25.0 Å². The van der Waals surface area contributed by atoms with Crippen molar-refractivity contribution in [3.8, 4) is 0 Å². The highest BCUT2D eigenvalue weighted by Crippen LogP contribution is 2.64. The molecule has 8 nitrogen and oxygen atoms in total. The summed E-state index contributed by atoms with van der Waals surface area (Å²) < 4.78 is 12.4. The van der Waals surface area contributed by atoms with Crippen molar-refractivity contribution in [2.24, 2.45) is 11.8 Å². The summed E-state index contributed by atoms with van der Waals surface area (Å²) in [7, 11) is 0. The monoisotopic (exact) mass is 504 g/mol. The van der Waals surface area contributed by atoms with Crippen LogP contribution >= 0.6 is 0 Å². The van der Waals surface area contributed by atoms with Gasteiger partial charge in [0.05, 0.1) is 30.8 Å². The molecule has 2 bridgehead atoms. The van der Waals surface area contributed by atoms with Crippen LogP contribution in [0.25, 0.3) is 0 Å². The molecule has 3 saturated heterocycles. The lowest BCUT2D eigenvalue weighted by Crippen LogP contribution is -2.58. The first kappa shape index (κ1) is 28.4. The molecule has 0 aromatic rings. The topological polar surface area (TPSA) is 96.4 Å². The fourth-order valence-corrected chi connectivity index (χ4v) is 6.48. The van der Waals surface area contributed by atoms with Gasteiger partial charge < -0.3 is 24.4 Å². The van der Waals surface area contributed by atoms with E-state index in [0.717, 1.165) is 32.1 Å². The Hall–Kier alpha value is -2.19. The van der Waals surface area contributed by atoms with Crippen LogP contribution in [0.3, 0.4) is 0 Å². The Balaban J connectivity index is 1.98. The minimum Gasteiger partial charge on any atom is -0.465 e. The van der Waals surface area contributed by atoms with Gasteiger partial charge in [0.15, 0.2) is 0 Å². The van der Waals surface area contributed by atoms with Gasteiger partial charge in [-0.25, -0.2) is 0 Å². The van der Waals surface area contributed by atoms with E-state index in [9.17, 15) is 19.5 Å². The fraction of sp³-hybridized carbons (Fsp3) is 0.750. The van der Waals surface area contributed by atoms with Gasteiger partial charge in [-0.2, -0.15) is 0 Å². The third-order valence-electron chi connectivity index (χ3n) is 8.34. The van der Waals surface area contributed by atoms with Crippen molar-refractivity contribution in [3.05, 3.63) is 25.3 Å². The molecule has 0 radical (unpaired) electrons. The predicted octanol–water partition coefficient (Wildman–Crippen LogP) is 3.24. The van der Waals surface area contributed by atoms with Crippen LogP contribution < -0.4 is 0 Å². The van der Waals surface area contributed by atoms with Gasteiger partial charge in [-0.1, -0.05) is 32.4 Å². The third kappa shape index (κ3) is 4.74. The minimum atomic E-state index is -1.11. The second-order valence-electron chi connectivity index (χ2n) is 10.5. The molecular formula is C28H44N2O6. The number of likely N-dealkylation sites (tertiary alicyclic amines) is 1. The zero-order valence-electron chi connectivity index (χ0n) is 22.2. The Morgan fingerprint density at radius 2 is 2.00 bits per heavy atom. The molecule has 0 aromatic carbocycles. The number of ether oxygens (including phenoxy) is 2. The lowest BCUT2D eigenvalue weighted by atomic mass is 9.65. The largest absolute Gasteiger partial charge is 0.465 e. The molecule has 0 aliphatic carbocycles. The third-order valence-corrected chi connectivity index (χ3v) is 8.34. The van der Waals surface area contributed by atoms with Crippen LogP contribution in [0.2, 0.25) is 0 Å². The number of nitrogens with zero attached hydrogens (tertiary/aromatic N) is 2. The van der Waals surface area contributed by atoms with Crippen LogP contribution in [0, 0.1) is 11.8 Å². The van der Waals surface area contributed by atoms with E-state index < -0.39 is 41.1 Å². The van der Waals surface area contributed by atoms with Crippen molar-refractivity contribution < 1.29 is 29.0 Å². The van der Waals surface area contributed by atoms with E-state index >= 15 is 0 Å². The molecular weight excluding hydrogens is 460 g/mol. The van der Waals surface area contributed by atoms with E-state index in [4.69, 9.17) is 9.47 Å². The molecule has 3 rings (SSSR count). The maximum Gasteiger partial charge on any atom is 0.312 e. The molecule has 3 aliphatic heterocycles. The molecule has 202 valence electrons. The summed E-state index contributed by atoms with van der Waals surface area (Å²) in [5.74, 6) is -2.49. The second kappa shape index (κ2) is 11.9. The maximum absolute atomic E-state index is 14.1. The maximum atomic E-state index is 14.1. The molecule has 3 aliphatic rings. The number of hydrogen-bond acceptors (Lipinski definition) is 6. The number of carbonyl (C=O) groups is 3. The molecule has 0 aromatic heterocycles. The zero-order chi connectivity index (χ0) is 26.5. The predicted molar refractivity (Wildman–Crippen MR) is 137 cm³/mol. The van der Waals surface area contributed by atoms with Gasteiger partial charge in [0.1, 0.15) is 17.6 Å². The molecule has 2 amide bonds. The summed E-state index contributed by atoms with van der Waals surface area (Å²) in [5.41, 5.74) is -1.93. The number of esters is 1. The lowest BCUT2D eigenvalue weighted by Gasteiger charge is -2.38. The normalized spacial score (nSPS) is 31.3. The molecule has 8 heteroatoms. The van der Waals surface area contributed by atoms with Gasteiger partial charge in [0.25, 0.3) is 0 Å². The van der Waals surface area contributed by atoms with E-state index in [1.165, 1.54) is 4.90 Å². The number of amides is 2. The van der Waals surface area contributed by atoms with Crippen LogP contribution in [0.15, 0.2) is 25.3 Å². The molecule has 36 heavy (non-hydrogen) atoms. The molecule has 6 atom stereocenters. The average molecular weight is 505 g/mol. The summed E-state index contributed by atoms with van der Waals surface area (Å²) in [6, 6.07) is -1.48. The van der Waals surface area contributed by atoms with Crippen LogP contribution in [0.5, 0.6) is 0 Å². The Labute approximate surface area is 215 Å². The van der Waals surface area contributed by atoms with Gasteiger partial charge in [0, 0.05) is 13.1 Å². The number of aliphatic hydroxyl groups excluding tert-OH is 1. The van der Waals surface area contributed by atoms with E-state index in [1.807, 2.05) is 13.0 Å². The van der Waals surface area contributed by atoms with Crippen LogP contribution in [-0.2, 0) is 23.9 Å². The first-order valence-corrected chi connectivity index (χ1v) is 13.6. The van der Waals surface area contributed by atoms with Crippen molar-refractivity contribution >= 4 is 17.8 Å². The standard InChI is InChI=1S/C28H44N2O6/c1-6-10-12-13-18-35-26(34)22-21-24(32)30(20(5)19-31)23(25(33)29(16-8-3)17-11-7-2)28(21)15-14-27(22,9-4)36-28/h6,8,20-23,31H,1,3,7,9-19H2,2,4-5H3/t20-,21+,22+,23?,27-,28?/m1/s1. The summed E-state index contributed by atoms with van der Waals surface area (Å²) in [6.07, 6.45) is 9.37. The molecule has 0 saturated carbocycles. The molecule has 3 fully saturated rings. The van der Waals surface area contributed by atoms with E-state index in [1.54, 1.807) is 17.9 Å². The van der Waals surface area contributed by atoms with Gasteiger partial charge >= 0.3 is 5.97 Å². The van der Waals surface area contributed by atoms with Gasteiger partial charge in [-0.3, -0.25) is 14.4 Å². The van der Waals surface area contributed by atoms with Crippen LogP contribution in [0.1, 0.15) is 72.1 Å². The van der Waals surface area contributed by atoms with Crippen molar-refractivity contribution in [1.82, 2.24) is 9.80 Å². The number of unbranched alkanes of at least 4 members (excludes halogenated alkanes) is 3. The first-order valence-electron chi connectivity index (χ1n) is 13.6. The van der Waals surface area contributed by atoms with E-state index in [0.29, 0.717) is 32.4 Å². The Kier molecular flexibility index (Phi) is 9.39. The number of allylic oxidation sites excluding steroid dienone is 1. The van der Waals surface area contributed by atoms with Gasteiger partial charge in [-0.15, -0.1) is 13.2 Å². The van der Waals surface area contributed by atoms with Crippen molar-refractivity contribution in [2.75, 3.05) is 26.3 Å². The highest BCUT2D eigenvalue weighted by atomic mass is 16.6. The van der Waals surface area contributed by atoms with E-state index in [2.05, 4.69) is 20.1 Å². The smallest absolute Gasteiger partial charge is 0.312 e. The summed E-state index contributed by atoms with van der Waals surface area (Å²) in [4.78, 5) is 44.8. The van der Waals surface area contributed by atoms with Gasteiger partial charge in [-0.05, 0) is 51.9 Å². The Bertz CT molecular complexity index is 846. The molecule has 1 N–H and O–H groups in total. The quantitative estimate of drug-likeness (QED) is 0.209. The highest BCUT2D eigenvalue weighted by molar-refractivity contribution is 5.98. The van der Waals surface area contributed by atoms with Crippen molar-refractivity contribution in [2.45, 2.75) is 95.4 Å². The summed E-state index contributed by atoms with van der Waals surface area (Å²) in [5, 5.41) is 10.0. The Morgan fingerprint density at radius 3 is 2.61 bits per heavy atom.